The Morgan fingerprint density at radius 3 is 2.81 bits per heavy atom. The summed E-state index contributed by atoms with van der Waals surface area (Å²) in [4.78, 5) is 4.63. The van der Waals surface area contributed by atoms with E-state index in [1.54, 1.807) is 6.20 Å². The number of nitrogens with two attached hydrogens (primary N) is 1. The van der Waals surface area contributed by atoms with Crippen LogP contribution in [0.2, 0.25) is 0 Å². The number of benzene rings is 1. The quantitative estimate of drug-likeness (QED) is 0.798. The van der Waals surface area contributed by atoms with Gasteiger partial charge in [-0.3, -0.25) is 0 Å². The fraction of sp³-hybridized carbons (Fsp3) is 0.250. The topological polar surface area (TPSA) is 60.2 Å². The van der Waals surface area contributed by atoms with Gasteiger partial charge in [0, 0.05) is 23.5 Å². The molecule has 0 aliphatic rings. The summed E-state index contributed by atoms with van der Waals surface area (Å²) in [7, 11) is 0. The molecule has 1 unspecified atom stereocenters. The third-order valence-corrected chi connectivity index (χ3v) is 3.30. The van der Waals surface area contributed by atoms with Crippen LogP contribution in [-0.4, -0.2) is 16.1 Å². The summed E-state index contributed by atoms with van der Waals surface area (Å²) in [5.74, 6) is 1.57. The Labute approximate surface area is 130 Å². The second-order valence-corrected chi connectivity index (χ2v) is 5.23. The van der Waals surface area contributed by atoms with Gasteiger partial charge in [0.15, 0.2) is 0 Å². The molecule has 0 aliphatic heterocycles. The molecule has 0 spiro atoms. The summed E-state index contributed by atoms with van der Waals surface area (Å²) in [5.41, 5.74) is 7.23. The zero-order valence-corrected chi connectivity index (χ0v) is 13.0. The van der Waals surface area contributed by atoms with Gasteiger partial charge in [-0.1, -0.05) is 25.2 Å². The van der Waals surface area contributed by atoms with E-state index in [2.05, 4.69) is 24.1 Å². The molecule has 2 aromatic rings. The number of aromatic nitrogens is 1. The van der Waals surface area contributed by atoms with Gasteiger partial charge in [0.2, 0.25) is 0 Å². The molecule has 21 heavy (non-hydrogen) atoms. The SMILES string of the molecule is CCC(C)Oc1cccc(Nc2ccc(C(N)=S)cn2)c1. The summed E-state index contributed by atoms with van der Waals surface area (Å²) in [6, 6.07) is 11.5. The summed E-state index contributed by atoms with van der Waals surface area (Å²) < 4.78 is 5.80. The molecule has 1 atom stereocenters. The molecule has 0 bridgehead atoms. The number of anilines is 2. The first-order valence-electron chi connectivity index (χ1n) is 6.88. The Hall–Kier alpha value is -2.14. The lowest BCUT2D eigenvalue weighted by molar-refractivity contribution is 0.217. The van der Waals surface area contributed by atoms with Crippen molar-refractivity contribution in [3.8, 4) is 5.75 Å². The maximum atomic E-state index is 5.80. The van der Waals surface area contributed by atoms with Crippen molar-refractivity contribution in [1.29, 1.82) is 0 Å². The lowest BCUT2D eigenvalue weighted by Crippen LogP contribution is -2.10. The maximum absolute atomic E-state index is 5.80. The molecule has 0 saturated heterocycles. The zero-order valence-electron chi connectivity index (χ0n) is 12.2. The maximum Gasteiger partial charge on any atom is 0.130 e. The third kappa shape index (κ3) is 4.43. The standard InChI is InChI=1S/C16H19N3OS/c1-3-11(2)20-14-6-4-5-13(9-14)19-15-8-7-12(10-18-15)16(17)21/h4-11H,3H2,1-2H3,(H2,17,21)(H,18,19). The van der Waals surface area contributed by atoms with Gasteiger partial charge in [-0.2, -0.15) is 0 Å². The van der Waals surface area contributed by atoms with Gasteiger partial charge in [-0.15, -0.1) is 0 Å². The van der Waals surface area contributed by atoms with Gasteiger partial charge in [0.25, 0.3) is 0 Å². The number of thiocarbonyl (C=S) groups is 1. The first-order valence-corrected chi connectivity index (χ1v) is 7.29. The number of pyridine rings is 1. The normalized spacial score (nSPS) is 11.7. The zero-order chi connectivity index (χ0) is 15.2. The summed E-state index contributed by atoms with van der Waals surface area (Å²) in [6.07, 6.45) is 2.83. The number of rotatable bonds is 6. The van der Waals surface area contributed by atoms with E-state index in [4.69, 9.17) is 22.7 Å². The van der Waals surface area contributed by atoms with Gasteiger partial charge >= 0.3 is 0 Å². The predicted octanol–water partition coefficient (Wildman–Crippen LogP) is 3.64. The summed E-state index contributed by atoms with van der Waals surface area (Å²) >= 11 is 4.90. The Morgan fingerprint density at radius 2 is 2.19 bits per heavy atom. The lowest BCUT2D eigenvalue weighted by atomic mass is 10.2. The third-order valence-electron chi connectivity index (χ3n) is 3.07. The first kappa shape index (κ1) is 15.3. The molecule has 0 radical (unpaired) electrons. The van der Waals surface area contributed by atoms with E-state index in [0.29, 0.717) is 4.99 Å². The van der Waals surface area contributed by atoms with Crippen molar-refractivity contribution in [2.75, 3.05) is 5.32 Å². The smallest absolute Gasteiger partial charge is 0.130 e. The van der Waals surface area contributed by atoms with Crippen LogP contribution in [0.4, 0.5) is 11.5 Å². The van der Waals surface area contributed by atoms with Gasteiger partial charge in [0.05, 0.1) is 6.10 Å². The largest absolute Gasteiger partial charge is 0.491 e. The second-order valence-electron chi connectivity index (χ2n) is 4.79. The van der Waals surface area contributed by atoms with Gasteiger partial charge < -0.3 is 15.8 Å². The monoisotopic (exact) mass is 301 g/mol. The van der Waals surface area contributed by atoms with Crippen LogP contribution in [0.3, 0.4) is 0 Å². The molecule has 3 N–H and O–H groups in total. The molecule has 110 valence electrons. The Balaban J connectivity index is 2.08. The van der Waals surface area contributed by atoms with Gasteiger partial charge in [0.1, 0.15) is 16.6 Å². The van der Waals surface area contributed by atoms with Crippen molar-refractivity contribution in [3.63, 3.8) is 0 Å². The van der Waals surface area contributed by atoms with Crippen LogP contribution in [0.15, 0.2) is 42.6 Å². The molecular formula is C16H19N3OS. The Kier molecular flexibility index (Phi) is 5.11. The van der Waals surface area contributed by atoms with E-state index < -0.39 is 0 Å². The minimum Gasteiger partial charge on any atom is -0.491 e. The number of hydrogen-bond donors (Lipinski definition) is 2. The van der Waals surface area contributed by atoms with Crippen LogP contribution in [-0.2, 0) is 0 Å². The Morgan fingerprint density at radius 1 is 1.38 bits per heavy atom. The molecule has 0 amide bonds. The molecular weight excluding hydrogens is 282 g/mol. The van der Waals surface area contributed by atoms with E-state index in [-0.39, 0.29) is 6.10 Å². The number of hydrogen-bond acceptors (Lipinski definition) is 4. The number of nitrogens with zero attached hydrogens (tertiary/aromatic N) is 1. The number of ether oxygens (including phenoxy) is 1. The molecule has 1 aromatic heterocycles. The van der Waals surface area contributed by atoms with Crippen molar-refractivity contribution in [2.45, 2.75) is 26.4 Å². The molecule has 2 rings (SSSR count). The minimum absolute atomic E-state index is 0.197. The van der Waals surface area contributed by atoms with Crippen molar-refractivity contribution >= 4 is 28.7 Å². The van der Waals surface area contributed by atoms with Crippen molar-refractivity contribution in [3.05, 3.63) is 48.2 Å². The lowest BCUT2D eigenvalue weighted by Gasteiger charge is -2.14. The minimum atomic E-state index is 0.197. The number of nitrogens with one attached hydrogen (secondary N) is 1. The molecule has 4 nitrogen and oxygen atoms in total. The molecule has 0 fully saturated rings. The van der Waals surface area contributed by atoms with E-state index >= 15 is 0 Å². The van der Waals surface area contributed by atoms with E-state index in [1.165, 1.54) is 0 Å². The predicted molar refractivity (Wildman–Crippen MR) is 90.2 cm³/mol. The average Bonchev–Trinajstić information content (AvgIpc) is 2.48. The van der Waals surface area contributed by atoms with Crippen LogP contribution in [0, 0.1) is 0 Å². The highest BCUT2D eigenvalue weighted by Crippen LogP contribution is 2.21. The van der Waals surface area contributed by atoms with E-state index in [0.717, 1.165) is 29.2 Å². The van der Waals surface area contributed by atoms with Crippen LogP contribution >= 0.6 is 12.2 Å². The van der Waals surface area contributed by atoms with Crippen LogP contribution in [0.1, 0.15) is 25.8 Å². The average molecular weight is 301 g/mol. The highest BCUT2D eigenvalue weighted by molar-refractivity contribution is 7.80. The summed E-state index contributed by atoms with van der Waals surface area (Å²) in [5, 5.41) is 3.23. The molecule has 1 heterocycles. The molecule has 5 heteroatoms. The van der Waals surface area contributed by atoms with E-state index in [1.807, 2.05) is 36.4 Å². The first-order chi connectivity index (χ1) is 10.1. The van der Waals surface area contributed by atoms with Gasteiger partial charge in [-0.25, -0.2) is 4.98 Å². The van der Waals surface area contributed by atoms with Crippen molar-refractivity contribution in [2.24, 2.45) is 5.73 Å². The van der Waals surface area contributed by atoms with E-state index in [9.17, 15) is 0 Å². The molecule has 0 saturated carbocycles. The van der Waals surface area contributed by atoms with Crippen LogP contribution in [0.25, 0.3) is 0 Å². The van der Waals surface area contributed by atoms with Crippen LogP contribution < -0.4 is 15.8 Å². The van der Waals surface area contributed by atoms with Crippen molar-refractivity contribution in [1.82, 2.24) is 4.98 Å². The highest BCUT2D eigenvalue weighted by Gasteiger charge is 2.03. The molecule has 0 aliphatic carbocycles. The van der Waals surface area contributed by atoms with Gasteiger partial charge in [-0.05, 0) is 37.6 Å². The molecule has 1 aromatic carbocycles. The highest BCUT2D eigenvalue weighted by atomic mass is 32.1. The Bertz CT molecular complexity index is 613. The fourth-order valence-corrected chi connectivity index (χ4v) is 1.84. The second kappa shape index (κ2) is 7.04. The van der Waals surface area contributed by atoms with Crippen LogP contribution in [0.5, 0.6) is 5.75 Å². The van der Waals surface area contributed by atoms with Crippen molar-refractivity contribution < 1.29 is 4.74 Å². The fourth-order valence-electron chi connectivity index (χ4n) is 1.72. The summed E-state index contributed by atoms with van der Waals surface area (Å²) in [6.45, 7) is 4.15.